The van der Waals surface area contributed by atoms with Crippen LogP contribution in [-0.2, 0) is 19.2 Å². The number of para-hydroxylation sites is 1. The van der Waals surface area contributed by atoms with Crippen molar-refractivity contribution in [1.29, 1.82) is 0 Å². The average molecular weight is 564 g/mol. The maximum absolute atomic E-state index is 13.5. The van der Waals surface area contributed by atoms with E-state index in [4.69, 9.17) is 0 Å². The van der Waals surface area contributed by atoms with Crippen molar-refractivity contribution in [3.63, 3.8) is 0 Å². The van der Waals surface area contributed by atoms with E-state index in [9.17, 15) is 24.0 Å². The van der Waals surface area contributed by atoms with Crippen LogP contribution >= 0.6 is 0 Å². The summed E-state index contributed by atoms with van der Waals surface area (Å²) in [7, 11) is 0. The Morgan fingerprint density at radius 1 is 0.951 bits per heavy atom. The highest BCUT2D eigenvalue weighted by Crippen LogP contribution is 2.27. The van der Waals surface area contributed by atoms with Crippen LogP contribution in [0.2, 0.25) is 0 Å². The molecular weight excluding hydrogens is 522 g/mol. The molecule has 41 heavy (non-hydrogen) atoms. The number of hydrogen-bond donors (Lipinski definition) is 4. The summed E-state index contributed by atoms with van der Waals surface area (Å²) in [6, 6.07) is 8.29. The van der Waals surface area contributed by atoms with Gasteiger partial charge in [-0.25, -0.2) is 4.98 Å². The lowest BCUT2D eigenvalue weighted by Gasteiger charge is -2.29. The van der Waals surface area contributed by atoms with Gasteiger partial charge in [0.1, 0.15) is 24.1 Å². The summed E-state index contributed by atoms with van der Waals surface area (Å²) in [5.41, 5.74) is 0.873. The molecule has 4 amide bonds. The van der Waals surface area contributed by atoms with Crippen molar-refractivity contribution in [3.8, 4) is 0 Å². The maximum atomic E-state index is 13.5. The molecule has 0 bridgehead atoms. The van der Waals surface area contributed by atoms with Gasteiger partial charge in [-0.3, -0.25) is 19.2 Å². The fraction of sp³-hybridized carbons (Fsp3) is 0.548. The fourth-order valence-corrected chi connectivity index (χ4v) is 5.80. The standard InChI is InChI=1S/C31H41N5O5/c1-19(2)27(36-29(39)25-13-12-21-10-6-7-11-24(21)34-25)31(41)35-26(16-20-8-4-3-5-9-20)30(40)33-23(18-37)17-22-14-15-32-28(22)38/h6-7,10-13,18-20,22-23,26-27H,3-5,8-9,14-17H2,1-2H3,(H,32,38)(H,33,40)(H,35,41)(H,36,39)/t22-,23-,26-,27-/m0/s1. The van der Waals surface area contributed by atoms with Crippen molar-refractivity contribution < 1.29 is 24.0 Å². The lowest BCUT2D eigenvalue weighted by molar-refractivity contribution is -0.132. The largest absolute Gasteiger partial charge is 0.356 e. The first-order valence-electron chi connectivity index (χ1n) is 14.8. The van der Waals surface area contributed by atoms with Crippen LogP contribution in [0.5, 0.6) is 0 Å². The molecule has 220 valence electrons. The second-order valence-corrected chi connectivity index (χ2v) is 11.6. The summed E-state index contributed by atoms with van der Waals surface area (Å²) in [5, 5.41) is 12.1. The molecule has 2 aromatic rings. The lowest BCUT2D eigenvalue weighted by Crippen LogP contribution is -2.57. The molecule has 4 N–H and O–H groups in total. The van der Waals surface area contributed by atoms with Gasteiger partial charge >= 0.3 is 0 Å². The van der Waals surface area contributed by atoms with E-state index in [1.807, 2.05) is 44.2 Å². The van der Waals surface area contributed by atoms with Gasteiger partial charge < -0.3 is 26.1 Å². The van der Waals surface area contributed by atoms with Crippen LogP contribution in [0.25, 0.3) is 10.9 Å². The summed E-state index contributed by atoms with van der Waals surface area (Å²) in [6.45, 7) is 4.20. The zero-order valence-electron chi connectivity index (χ0n) is 23.9. The number of rotatable bonds is 12. The van der Waals surface area contributed by atoms with Gasteiger partial charge in [0.15, 0.2) is 0 Å². The number of carbonyl (C=O) groups is 5. The van der Waals surface area contributed by atoms with Crippen LogP contribution in [0.15, 0.2) is 36.4 Å². The summed E-state index contributed by atoms with van der Waals surface area (Å²) < 4.78 is 0. The van der Waals surface area contributed by atoms with E-state index in [-0.39, 0.29) is 35.8 Å². The van der Waals surface area contributed by atoms with Gasteiger partial charge in [0.05, 0.1) is 11.6 Å². The van der Waals surface area contributed by atoms with E-state index in [0.717, 1.165) is 37.5 Å². The van der Waals surface area contributed by atoms with E-state index in [0.29, 0.717) is 31.2 Å². The van der Waals surface area contributed by atoms with Crippen molar-refractivity contribution in [2.75, 3.05) is 6.54 Å². The molecule has 10 heteroatoms. The van der Waals surface area contributed by atoms with Crippen molar-refractivity contribution in [3.05, 3.63) is 42.1 Å². The zero-order valence-corrected chi connectivity index (χ0v) is 23.9. The van der Waals surface area contributed by atoms with E-state index in [2.05, 4.69) is 26.3 Å². The number of aldehydes is 1. The van der Waals surface area contributed by atoms with Crippen LogP contribution in [0.3, 0.4) is 0 Å². The molecule has 2 aliphatic rings. The molecule has 1 aromatic heterocycles. The minimum Gasteiger partial charge on any atom is -0.356 e. The second kappa shape index (κ2) is 14.2. The predicted octanol–water partition coefficient (Wildman–Crippen LogP) is 2.65. The minimum atomic E-state index is -0.901. The van der Waals surface area contributed by atoms with Gasteiger partial charge in [-0.1, -0.05) is 70.2 Å². The Hall–Kier alpha value is -3.82. The summed E-state index contributed by atoms with van der Waals surface area (Å²) in [6.07, 6.45) is 7.16. The Bertz CT molecular complexity index is 1260. The minimum absolute atomic E-state index is 0.116. The van der Waals surface area contributed by atoms with Gasteiger partial charge in [0, 0.05) is 17.8 Å². The van der Waals surface area contributed by atoms with E-state index in [1.54, 1.807) is 6.07 Å². The van der Waals surface area contributed by atoms with Crippen LogP contribution in [0, 0.1) is 17.8 Å². The van der Waals surface area contributed by atoms with Crippen molar-refractivity contribution in [2.24, 2.45) is 17.8 Å². The smallest absolute Gasteiger partial charge is 0.270 e. The van der Waals surface area contributed by atoms with Crippen molar-refractivity contribution >= 4 is 40.8 Å². The number of nitrogens with zero attached hydrogens (tertiary/aromatic N) is 1. The first-order valence-corrected chi connectivity index (χ1v) is 14.8. The Morgan fingerprint density at radius 2 is 1.71 bits per heavy atom. The highest BCUT2D eigenvalue weighted by Gasteiger charge is 2.33. The molecule has 1 aromatic carbocycles. The Labute approximate surface area is 240 Å². The number of carbonyl (C=O) groups excluding carboxylic acids is 5. The predicted molar refractivity (Wildman–Crippen MR) is 155 cm³/mol. The van der Waals surface area contributed by atoms with Gasteiger partial charge in [0.25, 0.3) is 5.91 Å². The first kappa shape index (κ1) is 30.1. The zero-order chi connectivity index (χ0) is 29.4. The Morgan fingerprint density at radius 3 is 2.39 bits per heavy atom. The topological polar surface area (TPSA) is 146 Å². The average Bonchev–Trinajstić information content (AvgIpc) is 3.38. The summed E-state index contributed by atoms with van der Waals surface area (Å²) >= 11 is 0. The first-order chi connectivity index (χ1) is 19.7. The SMILES string of the molecule is CC(C)[C@H](NC(=O)c1ccc2ccccc2n1)C(=O)N[C@@H](CC1CCCCC1)C(=O)N[C@H](C=O)C[C@@H]1CCNC1=O. The maximum Gasteiger partial charge on any atom is 0.270 e. The Kier molecular flexibility index (Phi) is 10.4. The van der Waals surface area contributed by atoms with E-state index in [1.165, 1.54) is 0 Å². The van der Waals surface area contributed by atoms with Gasteiger partial charge in [-0.2, -0.15) is 0 Å². The molecule has 4 rings (SSSR count). The van der Waals surface area contributed by atoms with Crippen LogP contribution in [0.4, 0.5) is 0 Å². The highest BCUT2D eigenvalue weighted by atomic mass is 16.2. The molecule has 2 fully saturated rings. The summed E-state index contributed by atoms with van der Waals surface area (Å²) in [4.78, 5) is 68.4. The Balaban J connectivity index is 1.45. The van der Waals surface area contributed by atoms with Crippen molar-refractivity contribution in [1.82, 2.24) is 26.3 Å². The molecule has 1 saturated carbocycles. The summed E-state index contributed by atoms with van der Waals surface area (Å²) in [5.74, 6) is -1.85. The monoisotopic (exact) mass is 563 g/mol. The molecule has 0 unspecified atom stereocenters. The molecule has 0 spiro atoms. The van der Waals surface area contributed by atoms with E-state index >= 15 is 0 Å². The molecule has 2 heterocycles. The highest BCUT2D eigenvalue weighted by molar-refractivity contribution is 5.98. The van der Waals surface area contributed by atoms with Crippen LogP contribution < -0.4 is 21.3 Å². The number of nitrogens with one attached hydrogen (secondary N) is 4. The quantitative estimate of drug-likeness (QED) is 0.292. The third-order valence-electron chi connectivity index (χ3n) is 8.19. The van der Waals surface area contributed by atoms with Crippen molar-refractivity contribution in [2.45, 2.75) is 83.3 Å². The second-order valence-electron chi connectivity index (χ2n) is 11.6. The molecular formula is C31H41N5O5. The number of amides is 4. The molecule has 1 aliphatic heterocycles. The molecule has 0 radical (unpaired) electrons. The number of pyridine rings is 1. The van der Waals surface area contributed by atoms with Crippen LogP contribution in [0.1, 0.15) is 75.7 Å². The number of benzene rings is 1. The van der Waals surface area contributed by atoms with E-state index < -0.39 is 35.8 Å². The number of fused-ring (bicyclic) bond motifs is 1. The van der Waals surface area contributed by atoms with Crippen LogP contribution in [-0.4, -0.2) is 59.6 Å². The third kappa shape index (κ3) is 8.11. The third-order valence-corrected chi connectivity index (χ3v) is 8.19. The molecule has 1 aliphatic carbocycles. The fourth-order valence-electron chi connectivity index (χ4n) is 5.80. The normalized spacial score (nSPS) is 19.7. The molecule has 10 nitrogen and oxygen atoms in total. The number of aromatic nitrogens is 1. The molecule has 1 saturated heterocycles. The molecule has 4 atom stereocenters. The lowest BCUT2D eigenvalue weighted by atomic mass is 9.84. The number of hydrogen-bond acceptors (Lipinski definition) is 6. The van der Waals surface area contributed by atoms with Gasteiger partial charge in [-0.05, 0) is 43.2 Å². The van der Waals surface area contributed by atoms with Gasteiger partial charge in [-0.15, -0.1) is 0 Å². The van der Waals surface area contributed by atoms with Gasteiger partial charge in [0.2, 0.25) is 17.7 Å².